The van der Waals surface area contributed by atoms with E-state index in [1.54, 1.807) is 16.0 Å². The Bertz CT molecular complexity index is 974. The van der Waals surface area contributed by atoms with Crippen LogP contribution in [0.1, 0.15) is 17.7 Å². The van der Waals surface area contributed by atoms with Gasteiger partial charge in [0.1, 0.15) is 5.82 Å². The number of piperidine rings is 1. The van der Waals surface area contributed by atoms with Crippen LogP contribution >= 0.6 is 34.5 Å². The third-order valence-electron chi connectivity index (χ3n) is 5.63. The van der Waals surface area contributed by atoms with Crippen LogP contribution in [0.5, 0.6) is 0 Å². The molecule has 31 heavy (non-hydrogen) atoms. The van der Waals surface area contributed by atoms with Crippen LogP contribution in [-0.2, 0) is 9.59 Å². The minimum absolute atomic E-state index is 0.246. The number of rotatable bonds is 6. The molecule has 7 nitrogen and oxygen atoms in total. The number of carbonyl (C=O) groups excluding carboxylic acids is 2. The summed E-state index contributed by atoms with van der Waals surface area (Å²) in [7, 11) is 0. The Morgan fingerprint density at radius 2 is 1.77 bits per heavy atom. The van der Waals surface area contributed by atoms with E-state index < -0.39 is 11.8 Å². The van der Waals surface area contributed by atoms with Crippen LogP contribution in [0.25, 0.3) is 6.08 Å². The third-order valence-corrected chi connectivity index (χ3v) is 7.01. The lowest BCUT2D eigenvalue weighted by molar-refractivity contribution is -0.156. The molecule has 4 heterocycles. The molecule has 4 rings (SSSR count). The monoisotopic (exact) mass is 479 g/mol. The molecule has 0 unspecified atom stereocenters. The van der Waals surface area contributed by atoms with Gasteiger partial charge in [-0.05, 0) is 54.6 Å². The molecule has 0 aliphatic carbocycles. The van der Waals surface area contributed by atoms with E-state index in [1.807, 2.05) is 30.4 Å². The molecule has 0 spiro atoms. The summed E-state index contributed by atoms with van der Waals surface area (Å²) < 4.78 is 0.728. The van der Waals surface area contributed by atoms with Crippen molar-refractivity contribution in [2.24, 2.45) is 5.92 Å². The van der Waals surface area contributed by atoms with Crippen LogP contribution in [0.3, 0.4) is 0 Å². The molecular weight excluding hydrogens is 457 g/mol. The summed E-state index contributed by atoms with van der Waals surface area (Å²) in [5.74, 6) is 0.383. The highest BCUT2D eigenvalue weighted by molar-refractivity contribution is 7.16. The summed E-state index contributed by atoms with van der Waals surface area (Å²) in [5, 5.41) is 0.246. The summed E-state index contributed by atoms with van der Waals surface area (Å²) in [6, 6.07) is 5.63. The second kappa shape index (κ2) is 9.97. The smallest absolute Gasteiger partial charge is 0.312 e. The van der Waals surface area contributed by atoms with Gasteiger partial charge >= 0.3 is 11.8 Å². The number of thiophene rings is 1. The minimum atomic E-state index is -0.423. The van der Waals surface area contributed by atoms with E-state index in [2.05, 4.69) is 14.9 Å². The Hall–Kier alpha value is -2.16. The molecule has 2 saturated heterocycles. The zero-order chi connectivity index (χ0) is 21.8. The molecule has 2 amide bonds. The fourth-order valence-corrected chi connectivity index (χ4v) is 5.07. The largest absolute Gasteiger partial charge is 0.356 e. The molecule has 0 aromatic carbocycles. The summed E-state index contributed by atoms with van der Waals surface area (Å²) in [4.78, 5) is 39.9. The normalized spacial score (nSPS) is 18.5. The average Bonchev–Trinajstić information content (AvgIpc) is 3.18. The van der Waals surface area contributed by atoms with Gasteiger partial charge in [0.05, 0.1) is 4.34 Å². The first-order chi connectivity index (χ1) is 15.0. The van der Waals surface area contributed by atoms with Gasteiger partial charge in [0.25, 0.3) is 0 Å². The Morgan fingerprint density at radius 1 is 1.03 bits per heavy atom. The molecule has 0 bridgehead atoms. The van der Waals surface area contributed by atoms with Gasteiger partial charge in [-0.3, -0.25) is 9.59 Å². The maximum absolute atomic E-state index is 12.6. The molecule has 2 aliphatic heterocycles. The van der Waals surface area contributed by atoms with E-state index in [-0.39, 0.29) is 5.28 Å². The number of aromatic nitrogens is 2. The molecule has 0 atom stereocenters. The average molecular weight is 480 g/mol. The van der Waals surface area contributed by atoms with E-state index in [0.717, 1.165) is 41.0 Å². The van der Waals surface area contributed by atoms with Gasteiger partial charge in [0.15, 0.2) is 0 Å². The van der Waals surface area contributed by atoms with Crippen molar-refractivity contribution in [3.05, 3.63) is 45.0 Å². The maximum atomic E-state index is 12.6. The molecule has 2 aliphatic rings. The number of hydrogen-bond acceptors (Lipinski definition) is 6. The van der Waals surface area contributed by atoms with Gasteiger partial charge in [0, 0.05) is 50.3 Å². The number of anilines is 1. The van der Waals surface area contributed by atoms with Crippen LogP contribution in [0.15, 0.2) is 30.5 Å². The van der Waals surface area contributed by atoms with Crippen molar-refractivity contribution in [3.8, 4) is 0 Å². The van der Waals surface area contributed by atoms with Crippen LogP contribution in [-0.4, -0.2) is 70.9 Å². The Labute approximate surface area is 195 Å². The molecule has 164 valence electrons. The number of halogens is 2. The molecular formula is C21H23Cl2N5O2S. The number of carbonyl (C=O) groups is 2. The minimum Gasteiger partial charge on any atom is -0.356 e. The second-order valence-corrected chi connectivity index (χ2v) is 9.75. The highest BCUT2D eigenvalue weighted by Gasteiger charge is 2.33. The second-order valence-electron chi connectivity index (χ2n) is 7.66. The number of hydrogen-bond donors (Lipinski definition) is 0. The predicted octanol–water partition coefficient (Wildman–Crippen LogP) is 3.45. The zero-order valence-corrected chi connectivity index (χ0v) is 19.2. The van der Waals surface area contributed by atoms with Crippen LogP contribution in [0.4, 0.5) is 5.82 Å². The first-order valence-electron chi connectivity index (χ1n) is 10.2. The summed E-state index contributed by atoms with van der Waals surface area (Å²) in [6.07, 6.45) is 7.37. The van der Waals surface area contributed by atoms with Gasteiger partial charge in [0.2, 0.25) is 5.28 Å². The van der Waals surface area contributed by atoms with Gasteiger partial charge < -0.3 is 14.7 Å². The van der Waals surface area contributed by atoms with Crippen molar-refractivity contribution in [3.63, 3.8) is 0 Å². The topological polar surface area (TPSA) is 69.6 Å². The van der Waals surface area contributed by atoms with Crippen LogP contribution in [0.2, 0.25) is 9.62 Å². The van der Waals surface area contributed by atoms with Gasteiger partial charge in [-0.1, -0.05) is 17.7 Å². The lowest BCUT2D eigenvalue weighted by Crippen LogP contribution is -2.55. The first kappa shape index (κ1) is 22.0. The van der Waals surface area contributed by atoms with Crippen molar-refractivity contribution in [1.29, 1.82) is 0 Å². The van der Waals surface area contributed by atoms with Crippen molar-refractivity contribution in [2.45, 2.75) is 12.8 Å². The fourth-order valence-electron chi connectivity index (χ4n) is 3.94. The lowest BCUT2D eigenvalue weighted by Gasteiger charge is -2.38. The molecule has 10 heteroatoms. The molecule has 0 radical (unpaired) electrons. The first-order valence-corrected chi connectivity index (χ1v) is 11.8. The van der Waals surface area contributed by atoms with Crippen molar-refractivity contribution in [2.75, 3.05) is 44.2 Å². The highest BCUT2D eigenvalue weighted by Crippen LogP contribution is 2.24. The molecule has 2 aromatic heterocycles. The van der Waals surface area contributed by atoms with Crippen molar-refractivity contribution >= 4 is 58.2 Å². The van der Waals surface area contributed by atoms with Gasteiger partial charge in [-0.25, -0.2) is 9.97 Å². The predicted molar refractivity (Wildman–Crippen MR) is 124 cm³/mol. The Kier molecular flexibility index (Phi) is 7.09. The highest BCUT2D eigenvalue weighted by atomic mass is 35.5. The maximum Gasteiger partial charge on any atom is 0.312 e. The molecule has 2 fully saturated rings. The Morgan fingerprint density at radius 3 is 2.48 bits per heavy atom. The van der Waals surface area contributed by atoms with E-state index in [1.165, 1.54) is 11.3 Å². The third kappa shape index (κ3) is 5.56. The lowest BCUT2D eigenvalue weighted by atomic mass is 9.96. The zero-order valence-electron chi connectivity index (χ0n) is 16.9. The van der Waals surface area contributed by atoms with E-state index in [9.17, 15) is 9.59 Å². The summed E-state index contributed by atoms with van der Waals surface area (Å²) in [5.41, 5.74) is 0. The number of nitrogens with zero attached hydrogens (tertiary/aromatic N) is 5. The standard InChI is InChI=1S/C21H23Cl2N5O2S/c22-17-4-3-16(31-17)2-1-9-27-12-13-28(20(30)19(27)29)14-15-6-10-26(11-7-15)18-5-8-24-21(23)25-18/h1-5,8,15H,6-7,9-14H2/b2-1+. The van der Waals surface area contributed by atoms with Crippen molar-refractivity contribution < 1.29 is 9.59 Å². The molecule has 0 N–H and O–H groups in total. The summed E-state index contributed by atoms with van der Waals surface area (Å²) in [6.45, 7) is 3.87. The van der Waals surface area contributed by atoms with Crippen LogP contribution in [0, 0.1) is 5.92 Å². The van der Waals surface area contributed by atoms with E-state index in [4.69, 9.17) is 23.2 Å². The SMILES string of the molecule is O=C1C(=O)N(CC2CCN(c3ccnc(Cl)n3)CC2)CCN1C/C=C/c1ccc(Cl)s1. The van der Waals surface area contributed by atoms with Crippen molar-refractivity contribution in [1.82, 2.24) is 19.8 Å². The van der Waals surface area contributed by atoms with Crippen LogP contribution < -0.4 is 4.90 Å². The molecule has 2 aromatic rings. The van der Waals surface area contributed by atoms with E-state index >= 15 is 0 Å². The number of amides is 2. The van der Waals surface area contributed by atoms with Gasteiger partial charge in [-0.15, -0.1) is 11.3 Å². The fraction of sp³-hybridized carbons (Fsp3) is 0.429. The summed E-state index contributed by atoms with van der Waals surface area (Å²) >= 11 is 13.3. The van der Waals surface area contributed by atoms with E-state index in [0.29, 0.717) is 32.1 Å². The Balaban J connectivity index is 1.25. The number of piperazine rings is 1. The molecule has 0 saturated carbocycles. The van der Waals surface area contributed by atoms with Gasteiger partial charge in [-0.2, -0.15) is 0 Å². The quantitative estimate of drug-likeness (QED) is 0.468.